The molecule has 1 heterocycles. The lowest BCUT2D eigenvalue weighted by Crippen LogP contribution is -2.51. The van der Waals surface area contributed by atoms with Crippen LogP contribution in [0.5, 0.6) is 0 Å². The first-order chi connectivity index (χ1) is 13.4. The smallest absolute Gasteiger partial charge is 0.238 e. The molecule has 2 N–H and O–H groups in total. The lowest BCUT2D eigenvalue weighted by Gasteiger charge is -2.35. The summed E-state index contributed by atoms with van der Waals surface area (Å²) in [4.78, 5) is 16.8. The summed E-state index contributed by atoms with van der Waals surface area (Å²) >= 11 is 5.56. The Morgan fingerprint density at radius 2 is 1.71 bits per heavy atom. The van der Waals surface area contributed by atoms with Gasteiger partial charge >= 0.3 is 0 Å². The molecule has 0 aliphatic carbocycles. The van der Waals surface area contributed by atoms with Crippen LogP contribution in [-0.2, 0) is 4.79 Å². The Kier molecular flexibility index (Phi) is 6.65. The highest BCUT2D eigenvalue weighted by Crippen LogP contribution is 2.18. The average Bonchev–Trinajstić information content (AvgIpc) is 2.66. The van der Waals surface area contributed by atoms with Crippen LogP contribution in [0.4, 0.5) is 11.4 Å². The molecular formula is C22H28N4OS. The molecule has 1 aliphatic heterocycles. The predicted molar refractivity (Wildman–Crippen MR) is 120 cm³/mol. The van der Waals surface area contributed by atoms with Gasteiger partial charge in [0.15, 0.2) is 5.11 Å². The van der Waals surface area contributed by atoms with E-state index in [1.807, 2.05) is 31.2 Å². The van der Waals surface area contributed by atoms with Gasteiger partial charge in [-0.3, -0.25) is 9.69 Å². The second kappa shape index (κ2) is 9.17. The number of rotatable bonds is 4. The van der Waals surface area contributed by atoms with E-state index in [0.717, 1.165) is 48.2 Å². The number of nitrogens with one attached hydrogen (secondary N) is 2. The number of piperazine rings is 1. The van der Waals surface area contributed by atoms with Gasteiger partial charge < -0.3 is 15.5 Å². The van der Waals surface area contributed by atoms with Gasteiger partial charge in [-0.05, 0) is 67.9 Å². The molecule has 0 unspecified atom stereocenters. The minimum Gasteiger partial charge on any atom is -0.346 e. The summed E-state index contributed by atoms with van der Waals surface area (Å²) in [5.41, 5.74) is 5.41. The number of benzene rings is 2. The molecule has 1 amide bonds. The minimum atomic E-state index is 0.0302. The maximum absolute atomic E-state index is 12.4. The molecule has 28 heavy (non-hydrogen) atoms. The van der Waals surface area contributed by atoms with E-state index in [1.165, 1.54) is 11.1 Å². The van der Waals surface area contributed by atoms with Gasteiger partial charge in [0.05, 0.1) is 6.54 Å². The number of nitrogens with zero attached hydrogens (tertiary/aromatic N) is 2. The zero-order valence-electron chi connectivity index (χ0n) is 16.8. The van der Waals surface area contributed by atoms with Crippen molar-refractivity contribution in [2.75, 3.05) is 43.4 Å². The van der Waals surface area contributed by atoms with Crippen LogP contribution in [0.3, 0.4) is 0 Å². The van der Waals surface area contributed by atoms with E-state index in [-0.39, 0.29) is 5.91 Å². The van der Waals surface area contributed by atoms with Crippen molar-refractivity contribution in [1.29, 1.82) is 0 Å². The van der Waals surface area contributed by atoms with Gasteiger partial charge in [0.2, 0.25) is 5.91 Å². The predicted octanol–water partition coefficient (Wildman–Crippen LogP) is 3.56. The van der Waals surface area contributed by atoms with E-state index in [1.54, 1.807) is 0 Å². The van der Waals surface area contributed by atoms with Crippen molar-refractivity contribution in [3.8, 4) is 0 Å². The number of aryl methyl sites for hydroxylation is 2. The second-order valence-electron chi connectivity index (χ2n) is 7.36. The third-order valence-electron chi connectivity index (χ3n) is 5.17. The summed E-state index contributed by atoms with van der Waals surface area (Å²) in [5, 5.41) is 7.09. The van der Waals surface area contributed by atoms with Crippen molar-refractivity contribution in [3.63, 3.8) is 0 Å². The Balaban J connectivity index is 1.46. The molecule has 1 fully saturated rings. The summed E-state index contributed by atoms with van der Waals surface area (Å²) in [5.74, 6) is 0.0302. The molecule has 2 aromatic carbocycles. The van der Waals surface area contributed by atoms with Gasteiger partial charge in [-0.1, -0.05) is 24.3 Å². The summed E-state index contributed by atoms with van der Waals surface area (Å²) < 4.78 is 0. The van der Waals surface area contributed by atoms with Crippen LogP contribution in [0.15, 0.2) is 42.5 Å². The fourth-order valence-electron chi connectivity index (χ4n) is 3.31. The van der Waals surface area contributed by atoms with Crippen LogP contribution in [-0.4, -0.2) is 53.5 Å². The summed E-state index contributed by atoms with van der Waals surface area (Å²) in [7, 11) is 0. The van der Waals surface area contributed by atoms with Crippen LogP contribution in [0.2, 0.25) is 0 Å². The quantitative estimate of drug-likeness (QED) is 0.774. The van der Waals surface area contributed by atoms with E-state index in [4.69, 9.17) is 12.2 Å². The molecule has 0 spiro atoms. The normalized spacial score (nSPS) is 14.6. The fourth-order valence-corrected chi connectivity index (χ4v) is 3.61. The third kappa shape index (κ3) is 5.30. The molecule has 0 radical (unpaired) electrons. The van der Waals surface area contributed by atoms with Crippen LogP contribution in [0.1, 0.15) is 16.7 Å². The molecule has 0 saturated carbocycles. The van der Waals surface area contributed by atoms with Crippen LogP contribution in [0.25, 0.3) is 0 Å². The number of carbonyl (C=O) groups excluding carboxylic acids is 1. The van der Waals surface area contributed by atoms with E-state index in [2.05, 4.69) is 52.5 Å². The first kappa shape index (κ1) is 20.3. The second-order valence-corrected chi connectivity index (χ2v) is 7.75. The Hall–Kier alpha value is -2.44. The molecule has 0 aromatic heterocycles. The van der Waals surface area contributed by atoms with Crippen molar-refractivity contribution >= 4 is 34.6 Å². The third-order valence-corrected chi connectivity index (χ3v) is 5.54. The molecule has 1 aliphatic rings. The Morgan fingerprint density at radius 1 is 1.00 bits per heavy atom. The number of hydrogen-bond donors (Lipinski definition) is 2. The fraction of sp³-hybridized carbons (Fsp3) is 0.364. The van der Waals surface area contributed by atoms with E-state index in [9.17, 15) is 4.79 Å². The van der Waals surface area contributed by atoms with Crippen molar-refractivity contribution in [3.05, 3.63) is 59.2 Å². The molecule has 0 atom stereocenters. The lowest BCUT2D eigenvalue weighted by atomic mass is 10.1. The molecule has 5 nitrogen and oxygen atoms in total. The summed E-state index contributed by atoms with van der Waals surface area (Å²) in [6.45, 7) is 9.81. The molecule has 1 saturated heterocycles. The lowest BCUT2D eigenvalue weighted by molar-refractivity contribution is -0.117. The standard InChI is InChI=1S/C22H28N4OS/c1-16-6-4-8-19(14-16)23-22(28)26-12-10-25(11-13-26)15-21(27)24-20-9-5-7-17(2)18(20)3/h4-9,14H,10-13,15H2,1-3H3,(H,23,28)(H,24,27). The number of carbonyl (C=O) groups is 1. The molecule has 6 heteroatoms. The Morgan fingerprint density at radius 3 is 2.43 bits per heavy atom. The topological polar surface area (TPSA) is 47.6 Å². The highest BCUT2D eigenvalue weighted by atomic mass is 32.1. The number of hydrogen-bond acceptors (Lipinski definition) is 3. The monoisotopic (exact) mass is 396 g/mol. The molecular weight excluding hydrogens is 368 g/mol. The molecule has 3 rings (SSSR count). The van der Waals surface area contributed by atoms with Crippen LogP contribution >= 0.6 is 12.2 Å². The van der Waals surface area contributed by atoms with Gasteiger partial charge in [-0.15, -0.1) is 0 Å². The SMILES string of the molecule is Cc1cccc(NC(=S)N2CCN(CC(=O)Nc3cccc(C)c3C)CC2)c1. The van der Waals surface area contributed by atoms with Crippen LogP contribution < -0.4 is 10.6 Å². The van der Waals surface area contributed by atoms with Gasteiger partial charge in [0, 0.05) is 37.6 Å². The van der Waals surface area contributed by atoms with E-state index < -0.39 is 0 Å². The van der Waals surface area contributed by atoms with Crippen LogP contribution in [0, 0.1) is 20.8 Å². The van der Waals surface area contributed by atoms with Crippen molar-refractivity contribution in [1.82, 2.24) is 9.80 Å². The van der Waals surface area contributed by atoms with Gasteiger partial charge in [0.25, 0.3) is 0 Å². The highest BCUT2D eigenvalue weighted by molar-refractivity contribution is 7.80. The van der Waals surface area contributed by atoms with Gasteiger partial charge in [0.1, 0.15) is 0 Å². The van der Waals surface area contributed by atoms with Crippen molar-refractivity contribution in [2.45, 2.75) is 20.8 Å². The number of anilines is 2. The first-order valence-electron chi connectivity index (χ1n) is 9.63. The van der Waals surface area contributed by atoms with E-state index >= 15 is 0 Å². The zero-order valence-corrected chi connectivity index (χ0v) is 17.6. The highest BCUT2D eigenvalue weighted by Gasteiger charge is 2.21. The van der Waals surface area contributed by atoms with Crippen molar-refractivity contribution < 1.29 is 4.79 Å². The van der Waals surface area contributed by atoms with Crippen molar-refractivity contribution in [2.24, 2.45) is 0 Å². The summed E-state index contributed by atoms with van der Waals surface area (Å²) in [6, 6.07) is 14.2. The summed E-state index contributed by atoms with van der Waals surface area (Å²) in [6.07, 6.45) is 0. The maximum atomic E-state index is 12.4. The maximum Gasteiger partial charge on any atom is 0.238 e. The number of thiocarbonyl (C=S) groups is 1. The van der Waals surface area contributed by atoms with Gasteiger partial charge in [-0.2, -0.15) is 0 Å². The first-order valence-corrected chi connectivity index (χ1v) is 10.0. The minimum absolute atomic E-state index is 0.0302. The zero-order chi connectivity index (χ0) is 20.1. The Bertz CT molecular complexity index is 859. The Labute approximate surface area is 172 Å². The number of amides is 1. The largest absolute Gasteiger partial charge is 0.346 e. The van der Waals surface area contributed by atoms with Gasteiger partial charge in [-0.25, -0.2) is 0 Å². The average molecular weight is 397 g/mol. The molecule has 2 aromatic rings. The molecule has 148 valence electrons. The molecule has 0 bridgehead atoms. The van der Waals surface area contributed by atoms with E-state index in [0.29, 0.717) is 6.54 Å².